The van der Waals surface area contributed by atoms with Crippen LogP contribution in [0.3, 0.4) is 0 Å². The van der Waals surface area contributed by atoms with Crippen LogP contribution in [0.25, 0.3) is 22.3 Å². The molecule has 1 atom stereocenters. The number of hydrogen-bond acceptors (Lipinski definition) is 8. The summed E-state index contributed by atoms with van der Waals surface area (Å²) in [6, 6.07) is 5.31. The number of nitrogens with zero attached hydrogens (tertiary/aromatic N) is 6. The van der Waals surface area contributed by atoms with Crippen molar-refractivity contribution >= 4 is 11.0 Å². The molecule has 4 aromatic rings. The van der Waals surface area contributed by atoms with Crippen LogP contribution in [0.1, 0.15) is 49.9 Å². The average Bonchev–Trinajstić information content (AvgIpc) is 3.58. The van der Waals surface area contributed by atoms with Crippen LogP contribution in [0, 0.1) is 0 Å². The van der Waals surface area contributed by atoms with Gasteiger partial charge in [-0.25, -0.2) is 15.0 Å². The second-order valence-electron chi connectivity index (χ2n) is 11.0. The highest BCUT2D eigenvalue weighted by atomic mass is 19.4. The minimum Gasteiger partial charge on any atom is -0.474 e. The first-order valence-corrected chi connectivity index (χ1v) is 13.9. The van der Waals surface area contributed by atoms with Crippen molar-refractivity contribution in [1.82, 2.24) is 39.9 Å². The van der Waals surface area contributed by atoms with Gasteiger partial charge in [-0.2, -0.15) is 18.3 Å². The minimum atomic E-state index is -4.57. The van der Waals surface area contributed by atoms with Crippen molar-refractivity contribution in [2.24, 2.45) is 0 Å². The number of rotatable bonds is 9. The molecule has 218 valence electrons. The Bertz CT molecular complexity index is 1470. The van der Waals surface area contributed by atoms with E-state index in [0.717, 1.165) is 67.1 Å². The van der Waals surface area contributed by atoms with E-state index in [4.69, 9.17) is 4.74 Å². The number of alkyl halides is 3. The van der Waals surface area contributed by atoms with Crippen LogP contribution >= 0.6 is 0 Å². The van der Waals surface area contributed by atoms with Gasteiger partial charge in [0.25, 0.3) is 0 Å². The number of aliphatic hydroxyl groups excluding tert-OH is 1. The molecule has 0 amide bonds. The molecule has 2 aliphatic rings. The summed E-state index contributed by atoms with van der Waals surface area (Å²) in [6.07, 6.45) is 5.38. The van der Waals surface area contributed by atoms with E-state index in [2.05, 4.69) is 35.3 Å². The summed E-state index contributed by atoms with van der Waals surface area (Å²) >= 11 is 0. The normalized spacial score (nSPS) is 21.2. The number of likely N-dealkylation sites (tertiary alicyclic amines) is 1. The third-order valence-corrected chi connectivity index (χ3v) is 7.89. The number of aromatic amines is 1. The fourth-order valence-electron chi connectivity index (χ4n) is 5.66. The van der Waals surface area contributed by atoms with Gasteiger partial charge >= 0.3 is 6.18 Å². The van der Waals surface area contributed by atoms with E-state index in [1.165, 1.54) is 0 Å². The topological polar surface area (TPSA) is 117 Å². The van der Waals surface area contributed by atoms with Crippen LogP contribution in [-0.2, 0) is 12.7 Å². The van der Waals surface area contributed by atoms with E-state index in [-0.39, 0.29) is 25.1 Å². The fraction of sp³-hybridized carbons (Fsp3) is 0.500. The van der Waals surface area contributed by atoms with Gasteiger partial charge in [-0.15, -0.1) is 0 Å². The number of fused-ring (bicyclic) bond motifs is 1. The van der Waals surface area contributed by atoms with E-state index >= 15 is 0 Å². The Morgan fingerprint density at radius 3 is 2.73 bits per heavy atom. The molecule has 13 heteroatoms. The second-order valence-corrected chi connectivity index (χ2v) is 11.0. The number of H-pyrrole nitrogens is 1. The molecule has 1 aliphatic carbocycles. The summed E-state index contributed by atoms with van der Waals surface area (Å²) in [6.45, 7) is 3.71. The maximum atomic E-state index is 13.5. The van der Waals surface area contributed by atoms with Crippen molar-refractivity contribution in [1.29, 1.82) is 0 Å². The van der Waals surface area contributed by atoms with E-state index in [1.807, 2.05) is 29.3 Å². The number of aliphatic hydroxyl groups is 1. The largest absolute Gasteiger partial charge is 0.474 e. The molecule has 0 spiro atoms. The highest BCUT2D eigenvalue weighted by Crippen LogP contribution is 2.38. The Morgan fingerprint density at radius 1 is 1.17 bits per heavy atom. The molecule has 1 saturated carbocycles. The molecular weight excluding hydrogens is 537 g/mol. The van der Waals surface area contributed by atoms with Gasteiger partial charge in [-0.05, 0) is 50.3 Å². The first kappa shape index (κ1) is 27.6. The van der Waals surface area contributed by atoms with Crippen LogP contribution in [0.15, 0.2) is 43.1 Å². The number of piperidine rings is 1. The van der Waals surface area contributed by atoms with Crippen LogP contribution < -0.4 is 10.1 Å². The molecule has 0 unspecified atom stereocenters. The van der Waals surface area contributed by atoms with Gasteiger partial charge in [0.05, 0.1) is 24.0 Å². The second kappa shape index (κ2) is 11.4. The van der Waals surface area contributed by atoms with Gasteiger partial charge < -0.3 is 20.1 Å². The summed E-state index contributed by atoms with van der Waals surface area (Å²) in [5, 5.41) is 17.9. The van der Waals surface area contributed by atoms with Gasteiger partial charge in [0, 0.05) is 61.6 Å². The predicted molar refractivity (Wildman–Crippen MR) is 145 cm³/mol. The van der Waals surface area contributed by atoms with Crippen molar-refractivity contribution in [3.05, 3.63) is 54.4 Å². The lowest BCUT2D eigenvalue weighted by molar-refractivity contribution is -0.141. The molecule has 4 aromatic heterocycles. The zero-order valence-corrected chi connectivity index (χ0v) is 22.7. The molecule has 0 bridgehead atoms. The zero-order valence-electron chi connectivity index (χ0n) is 22.7. The average molecular weight is 571 g/mol. The first-order valence-electron chi connectivity index (χ1n) is 13.9. The summed E-state index contributed by atoms with van der Waals surface area (Å²) < 4.78 is 48.3. The number of nitrogens with one attached hydrogen (secondary N) is 2. The molecule has 5 heterocycles. The smallest absolute Gasteiger partial charge is 0.433 e. The van der Waals surface area contributed by atoms with Crippen molar-refractivity contribution < 1.29 is 23.0 Å². The Kier molecular flexibility index (Phi) is 7.66. The lowest BCUT2D eigenvalue weighted by atomic mass is 9.84. The van der Waals surface area contributed by atoms with Gasteiger partial charge in [0.2, 0.25) is 5.88 Å². The Balaban J connectivity index is 1.02. The number of aromatic nitrogens is 6. The standard InChI is InChI=1S/C28H33F3N8O2/c1-17(40)12-32-13-18-8-24(28(29,30)31)37-25(9-18)41-22-3-6-38(7-4-22)20-10-21(11-20)39-15-19(14-36-39)26-23-2-5-33-27(23)35-16-34-26/h2,5,8-9,14-17,20-22,32,40H,3-4,6-7,10-13H2,1H3,(H,33,34,35)/t17-,20?,21?/m0/s1. The van der Waals surface area contributed by atoms with Gasteiger partial charge in [-0.3, -0.25) is 9.58 Å². The van der Waals surface area contributed by atoms with Gasteiger partial charge in [0.15, 0.2) is 0 Å². The summed E-state index contributed by atoms with van der Waals surface area (Å²) in [5.74, 6) is -0.00841. The number of halogens is 3. The molecule has 3 N–H and O–H groups in total. The zero-order chi connectivity index (χ0) is 28.6. The Morgan fingerprint density at radius 2 is 1.98 bits per heavy atom. The van der Waals surface area contributed by atoms with Crippen LogP contribution in [-0.4, -0.2) is 77.6 Å². The Hall–Kier alpha value is -3.55. The maximum absolute atomic E-state index is 13.5. The molecule has 6 rings (SSSR count). The quantitative estimate of drug-likeness (QED) is 0.277. The predicted octanol–water partition coefficient (Wildman–Crippen LogP) is 3.95. The van der Waals surface area contributed by atoms with E-state index in [1.54, 1.807) is 19.3 Å². The fourth-order valence-corrected chi connectivity index (χ4v) is 5.66. The lowest BCUT2D eigenvalue weighted by Crippen LogP contribution is -2.50. The Labute approximate surface area is 235 Å². The lowest BCUT2D eigenvalue weighted by Gasteiger charge is -2.45. The van der Waals surface area contributed by atoms with Crippen molar-refractivity contribution in [2.75, 3.05) is 19.6 Å². The van der Waals surface area contributed by atoms with E-state index in [9.17, 15) is 18.3 Å². The molecular formula is C28H33F3N8O2. The molecule has 0 aromatic carbocycles. The molecule has 1 aliphatic heterocycles. The summed E-state index contributed by atoms with van der Waals surface area (Å²) in [5.41, 5.74) is 2.07. The number of pyridine rings is 1. The molecule has 10 nitrogen and oxygen atoms in total. The molecule has 1 saturated heterocycles. The van der Waals surface area contributed by atoms with E-state index in [0.29, 0.717) is 17.6 Å². The third-order valence-electron chi connectivity index (χ3n) is 7.89. The highest BCUT2D eigenvalue weighted by Gasteiger charge is 2.38. The number of ether oxygens (including phenoxy) is 1. The van der Waals surface area contributed by atoms with Crippen molar-refractivity contribution in [2.45, 2.75) is 69.6 Å². The van der Waals surface area contributed by atoms with Crippen LogP contribution in [0.4, 0.5) is 13.2 Å². The minimum absolute atomic E-state index is 0.00841. The third kappa shape index (κ3) is 6.21. The highest BCUT2D eigenvalue weighted by molar-refractivity contribution is 5.89. The van der Waals surface area contributed by atoms with Crippen molar-refractivity contribution in [3.63, 3.8) is 0 Å². The maximum Gasteiger partial charge on any atom is 0.433 e. The SMILES string of the molecule is C[C@H](O)CNCc1cc(OC2CCN(C3CC(n4cc(-c5ncnc6[nH]ccc56)cn4)C3)CC2)nc(C(F)(F)F)c1. The van der Waals surface area contributed by atoms with Crippen molar-refractivity contribution in [3.8, 4) is 17.1 Å². The molecule has 41 heavy (non-hydrogen) atoms. The molecule has 0 radical (unpaired) electrons. The van der Waals surface area contributed by atoms with E-state index < -0.39 is 18.0 Å². The monoisotopic (exact) mass is 570 g/mol. The summed E-state index contributed by atoms with van der Waals surface area (Å²) in [7, 11) is 0. The van der Waals surface area contributed by atoms with Crippen LogP contribution in [0.2, 0.25) is 0 Å². The van der Waals surface area contributed by atoms with Gasteiger partial charge in [-0.1, -0.05) is 0 Å². The summed E-state index contributed by atoms with van der Waals surface area (Å²) in [4.78, 5) is 18.0. The van der Waals surface area contributed by atoms with Crippen LogP contribution in [0.5, 0.6) is 5.88 Å². The molecule has 2 fully saturated rings. The first-order chi connectivity index (χ1) is 19.7. The number of hydrogen-bond donors (Lipinski definition) is 3. The van der Waals surface area contributed by atoms with Gasteiger partial charge in [0.1, 0.15) is 23.8 Å².